The third-order valence-electron chi connectivity index (χ3n) is 3.28. The molecule has 0 spiro atoms. The molecular weight excluding hydrogens is 308 g/mol. The zero-order valence-electron chi connectivity index (χ0n) is 13.5. The Morgan fingerprint density at radius 3 is 2.70 bits per heavy atom. The highest BCUT2D eigenvalue weighted by Crippen LogP contribution is 2.16. The summed E-state index contributed by atoms with van der Waals surface area (Å²) in [6.07, 6.45) is 0. The van der Waals surface area contributed by atoms with Gasteiger partial charge in [0, 0.05) is 11.3 Å². The van der Waals surface area contributed by atoms with E-state index >= 15 is 0 Å². The summed E-state index contributed by atoms with van der Waals surface area (Å²) < 4.78 is 5.40. The van der Waals surface area contributed by atoms with Crippen molar-refractivity contribution in [3.8, 4) is 5.75 Å². The first-order chi connectivity index (χ1) is 11.0. The van der Waals surface area contributed by atoms with Crippen LogP contribution in [0.2, 0.25) is 0 Å². The van der Waals surface area contributed by atoms with Crippen molar-refractivity contribution in [2.45, 2.75) is 20.8 Å². The van der Waals surface area contributed by atoms with Gasteiger partial charge >= 0.3 is 0 Å². The maximum absolute atomic E-state index is 12.3. The molecule has 0 aliphatic carbocycles. The van der Waals surface area contributed by atoms with Gasteiger partial charge in [0.15, 0.2) is 5.11 Å². The van der Waals surface area contributed by atoms with Gasteiger partial charge < -0.3 is 10.1 Å². The van der Waals surface area contributed by atoms with E-state index in [2.05, 4.69) is 10.6 Å². The van der Waals surface area contributed by atoms with E-state index in [1.165, 1.54) is 0 Å². The number of benzene rings is 2. The lowest BCUT2D eigenvalue weighted by Crippen LogP contribution is -2.34. The van der Waals surface area contributed by atoms with E-state index < -0.39 is 0 Å². The third-order valence-corrected chi connectivity index (χ3v) is 3.48. The topological polar surface area (TPSA) is 50.4 Å². The first-order valence-corrected chi connectivity index (χ1v) is 7.83. The third kappa shape index (κ3) is 4.79. The molecule has 120 valence electrons. The lowest BCUT2D eigenvalue weighted by Gasteiger charge is -2.13. The largest absolute Gasteiger partial charge is 0.494 e. The Bertz CT molecular complexity index is 729. The number of amides is 1. The van der Waals surface area contributed by atoms with Gasteiger partial charge in [0.25, 0.3) is 5.91 Å². The highest BCUT2D eigenvalue weighted by atomic mass is 32.1. The molecule has 1 amide bonds. The molecule has 5 heteroatoms. The van der Waals surface area contributed by atoms with E-state index in [4.69, 9.17) is 17.0 Å². The van der Waals surface area contributed by atoms with Gasteiger partial charge in [-0.15, -0.1) is 0 Å². The second-order valence-corrected chi connectivity index (χ2v) is 5.60. The van der Waals surface area contributed by atoms with Crippen molar-refractivity contribution >= 4 is 28.9 Å². The van der Waals surface area contributed by atoms with Crippen LogP contribution >= 0.6 is 12.2 Å². The van der Waals surface area contributed by atoms with Crippen LogP contribution in [0.15, 0.2) is 42.5 Å². The van der Waals surface area contributed by atoms with Crippen LogP contribution in [-0.4, -0.2) is 17.6 Å². The van der Waals surface area contributed by atoms with E-state index in [-0.39, 0.29) is 11.0 Å². The normalized spacial score (nSPS) is 10.0. The fourth-order valence-corrected chi connectivity index (χ4v) is 2.30. The van der Waals surface area contributed by atoms with Crippen molar-refractivity contribution in [1.82, 2.24) is 5.32 Å². The Hall–Kier alpha value is -2.40. The molecule has 0 bridgehead atoms. The SMILES string of the molecule is CCOc1cccc(C(=O)NC(=S)Nc2cc(C)ccc2C)c1. The number of hydrogen-bond donors (Lipinski definition) is 2. The zero-order chi connectivity index (χ0) is 16.8. The quantitative estimate of drug-likeness (QED) is 0.838. The molecule has 0 aliphatic rings. The average Bonchev–Trinajstić information content (AvgIpc) is 2.51. The molecule has 2 aromatic carbocycles. The van der Waals surface area contributed by atoms with Crippen molar-refractivity contribution in [2.75, 3.05) is 11.9 Å². The molecule has 0 saturated heterocycles. The Balaban J connectivity index is 2.03. The highest BCUT2D eigenvalue weighted by Gasteiger charge is 2.10. The van der Waals surface area contributed by atoms with Crippen LogP contribution in [0.5, 0.6) is 5.75 Å². The lowest BCUT2D eigenvalue weighted by molar-refractivity contribution is 0.0977. The van der Waals surface area contributed by atoms with Crippen LogP contribution in [0, 0.1) is 13.8 Å². The van der Waals surface area contributed by atoms with Gasteiger partial charge in [-0.3, -0.25) is 10.1 Å². The molecule has 0 fully saturated rings. The molecule has 2 aromatic rings. The number of aryl methyl sites for hydroxylation is 2. The van der Waals surface area contributed by atoms with E-state index in [0.717, 1.165) is 16.8 Å². The van der Waals surface area contributed by atoms with Gasteiger partial charge in [-0.1, -0.05) is 18.2 Å². The number of ether oxygens (including phenoxy) is 1. The summed E-state index contributed by atoms with van der Waals surface area (Å²) in [7, 11) is 0. The fraction of sp³-hybridized carbons (Fsp3) is 0.222. The minimum Gasteiger partial charge on any atom is -0.494 e. The van der Waals surface area contributed by atoms with Crippen LogP contribution in [0.4, 0.5) is 5.69 Å². The summed E-state index contributed by atoms with van der Waals surface area (Å²) in [5, 5.41) is 6.02. The van der Waals surface area contributed by atoms with Gasteiger partial charge in [-0.2, -0.15) is 0 Å². The monoisotopic (exact) mass is 328 g/mol. The molecule has 4 nitrogen and oxygen atoms in total. The summed E-state index contributed by atoms with van der Waals surface area (Å²) >= 11 is 5.22. The summed E-state index contributed by atoms with van der Waals surface area (Å²) in [4.78, 5) is 12.3. The van der Waals surface area contributed by atoms with Crippen LogP contribution in [0.1, 0.15) is 28.4 Å². The summed E-state index contributed by atoms with van der Waals surface area (Å²) in [6.45, 7) is 6.44. The maximum Gasteiger partial charge on any atom is 0.257 e. The van der Waals surface area contributed by atoms with Crippen LogP contribution in [0.25, 0.3) is 0 Å². The first kappa shape index (κ1) is 17.0. The van der Waals surface area contributed by atoms with Crippen molar-refractivity contribution < 1.29 is 9.53 Å². The zero-order valence-corrected chi connectivity index (χ0v) is 14.3. The predicted octanol–water partition coefficient (Wildman–Crippen LogP) is 3.83. The molecular formula is C18H20N2O2S. The molecule has 0 saturated carbocycles. The van der Waals surface area contributed by atoms with E-state index in [1.54, 1.807) is 18.2 Å². The minimum atomic E-state index is -0.269. The van der Waals surface area contributed by atoms with Gasteiger partial charge in [0.1, 0.15) is 5.75 Å². The number of anilines is 1. The molecule has 0 atom stereocenters. The minimum absolute atomic E-state index is 0.269. The van der Waals surface area contributed by atoms with Crippen molar-refractivity contribution in [2.24, 2.45) is 0 Å². The number of rotatable bonds is 4. The summed E-state index contributed by atoms with van der Waals surface area (Å²) in [5.74, 6) is 0.392. The Morgan fingerprint density at radius 2 is 1.96 bits per heavy atom. The van der Waals surface area contributed by atoms with Crippen LogP contribution < -0.4 is 15.4 Å². The number of carbonyl (C=O) groups is 1. The van der Waals surface area contributed by atoms with Gasteiger partial charge in [0.05, 0.1) is 6.61 Å². The maximum atomic E-state index is 12.3. The number of hydrogen-bond acceptors (Lipinski definition) is 3. The first-order valence-electron chi connectivity index (χ1n) is 7.42. The summed E-state index contributed by atoms with van der Waals surface area (Å²) in [5.41, 5.74) is 3.57. The lowest BCUT2D eigenvalue weighted by atomic mass is 10.1. The Labute approximate surface area is 141 Å². The van der Waals surface area contributed by atoms with E-state index in [0.29, 0.717) is 17.9 Å². The smallest absolute Gasteiger partial charge is 0.257 e. The molecule has 0 aromatic heterocycles. The van der Waals surface area contributed by atoms with Crippen LogP contribution in [-0.2, 0) is 0 Å². The molecule has 0 heterocycles. The second kappa shape index (κ2) is 7.74. The van der Waals surface area contributed by atoms with Crippen molar-refractivity contribution in [3.05, 3.63) is 59.2 Å². The van der Waals surface area contributed by atoms with Crippen molar-refractivity contribution in [1.29, 1.82) is 0 Å². The number of carbonyl (C=O) groups excluding carboxylic acids is 1. The molecule has 0 radical (unpaired) electrons. The fourth-order valence-electron chi connectivity index (χ4n) is 2.09. The van der Waals surface area contributed by atoms with E-state index in [1.807, 2.05) is 45.0 Å². The standard InChI is InChI=1S/C18H20N2O2S/c1-4-22-15-7-5-6-14(11-15)17(21)20-18(23)19-16-10-12(2)8-9-13(16)3/h5-11H,4H2,1-3H3,(H2,19,20,21,23). The second-order valence-electron chi connectivity index (χ2n) is 5.19. The van der Waals surface area contributed by atoms with E-state index in [9.17, 15) is 4.79 Å². The van der Waals surface area contributed by atoms with Gasteiger partial charge in [-0.25, -0.2) is 0 Å². The highest BCUT2D eigenvalue weighted by molar-refractivity contribution is 7.80. The summed E-state index contributed by atoms with van der Waals surface area (Å²) in [6, 6.07) is 13.0. The average molecular weight is 328 g/mol. The molecule has 0 aliphatic heterocycles. The van der Waals surface area contributed by atoms with Gasteiger partial charge in [-0.05, 0) is 68.4 Å². The van der Waals surface area contributed by atoms with Crippen molar-refractivity contribution in [3.63, 3.8) is 0 Å². The number of nitrogens with one attached hydrogen (secondary N) is 2. The Kier molecular flexibility index (Phi) is 5.71. The molecule has 2 rings (SSSR count). The molecule has 2 N–H and O–H groups in total. The van der Waals surface area contributed by atoms with Gasteiger partial charge in [0.2, 0.25) is 0 Å². The predicted molar refractivity (Wildman–Crippen MR) is 97.2 cm³/mol. The van der Waals surface area contributed by atoms with Crippen LogP contribution in [0.3, 0.4) is 0 Å². The Morgan fingerprint density at radius 1 is 1.17 bits per heavy atom. The molecule has 0 unspecified atom stereocenters. The number of thiocarbonyl (C=S) groups is 1. The molecule has 23 heavy (non-hydrogen) atoms.